The third kappa shape index (κ3) is 1.76. The number of aryl methyl sites for hydroxylation is 1. The largest absolute Gasteiger partial charge is 0.207 e. The monoisotopic (exact) mass is 228 g/mol. The van der Waals surface area contributed by atoms with E-state index in [0.29, 0.717) is 9.47 Å². The van der Waals surface area contributed by atoms with Gasteiger partial charge in [-0.15, -0.1) is 10.2 Å². The highest BCUT2D eigenvalue weighted by atomic mass is 35.5. The molecule has 5 heteroatoms. The van der Waals surface area contributed by atoms with E-state index >= 15 is 0 Å². The second-order valence-corrected chi connectivity index (χ2v) is 4.38. The molecule has 0 aliphatic rings. The molecule has 2 nitrogen and oxygen atoms in total. The third-order valence-corrected chi connectivity index (χ3v) is 2.87. The van der Waals surface area contributed by atoms with E-state index < -0.39 is 0 Å². The Bertz CT molecular complexity index is 470. The lowest BCUT2D eigenvalue weighted by molar-refractivity contribution is 0.627. The van der Waals surface area contributed by atoms with Crippen molar-refractivity contribution in [3.8, 4) is 10.6 Å². The van der Waals surface area contributed by atoms with Crippen LogP contribution in [-0.4, -0.2) is 10.2 Å². The number of nitrogens with zero attached hydrogens (tertiary/aromatic N) is 2. The lowest BCUT2D eigenvalue weighted by Crippen LogP contribution is -1.84. The highest BCUT2D eigenvalue weighted by Crippen LogP contribution is 2.28. The van der Waals surface area contributed by atoms with Gasteiger partial charge in [-0.25, -0.2) is 4.39 Å². The Kier molecular flexibility index (Phi) is 2.48. The summed E-state index contributed by atoms with van der Waals surface area (Å²) in [6.07, 6.45) is 0. The summed E-state index contributed by atoms with van der Waals surface area (Å²) in [5.74, 6) is -0.248. The predicted octanol–water partition coefficient (Wildman–Crippen LogP) is 3.31. The highest BCUT2D eigenvalue weighted by Gasteiger charge is 2.08. The van der Waals surface area contributed by atoms with Crippen molar-refractivity contribution in [2.45, 2.75) is 6.92 Å². The van der Waals surface area contributed by atoms with Crippen molar-refractivity contribution in [1.29, 1.82) is 0 Å². The van der Waals surface area contributed by atoms with Crippen LogP contribution in [0.3, 0.4) is 0 Å². The maximum absolute atomic E-state index is 12.8. The fourth-order valence-electron chi connectivity index (χ4n) is 1.18. The minimum atomic E-state index is -0.248. The number of benzene rings is 1. The third-order valence-electron chi connectivity index (χ3n) is 1.82. The van der Waals surface area contributed by atoms with Crippen molar-refractivity contribution in [3.63, 3.8) is 0 Å². The van der Waals surface area contributed by atoms with Crippen LogP contribution in [-0.2, 0) is 0 Å². The number of aromatic nitrogens is 2. The lowest BCUT2D eigenvalue weighted by atomic mass is 10.1. The van der Waals surface area contributed by atoms with Gasteiger partial charge in [0.1, 0.15) is 10.8 Å². The summed E-state index contributed by atoms with van der Waals surface area (Å²) in [5, 5.41) is 8.30. The highest BCUT2D eigenvalue weighted by molar-refractivity contribution is 7.18. The molecule has 0 amide bonds. The van der Waals surface area contributed by atoms with Gasteiger partial charge < -0.3 is 0 Å². The summed E-state index contributed by atoms with van der Waals surface area (Å²) in [6, 6.07) is 4.55. The molecule has 0 atom stereocenters. The summed E-state index contributed by atoms with van der Waals surface area (Å²) in [6.45, 7) is 1.83. The van der Waals surface area contributed by atoms with Gasteiger partial charge in [0.15, 0.2) is 0 Å². The van der Waals surface area contributed by atoms with Gasteiger partial charge in [-0.3, -0.25) is 0 Å². The zero-order chi connectivity index (χ0) is 10.1. The predicted molar refractivity (Wildman–Crippen MR) is 55.1 cm³/mol. The number of rotatable bonds is 1. The van der Waals surface area contributed by atoms with Gasteiger partial charge in [0.05, 0.1) is 0 Å². The molecule has 0 saturated heterocycles. The molecule has 0 fully saturated rings. The molecule has 72 valence electrons. The summed E-state index contributed by atoms with van der Waals surface area (Å²) in [4.78, 5) is 0. The smallest absolute Gasteiger partial charge is 0.207 e. The first-order valence-corrected chi connectivity index (χ1v) is 5.12. The van der Waals surface area contributed by atoms with E-state index in [2.05, 4.69) is 10.2 Å². The normalized spacial score (nSPS) is 10.5. The Morgan fingerprint density at radius 3 is 2.71 bits per heavy atom. The first-order valence-electron chi connectivity index (χ1n) is 3.92. The first-order chi connectivity index (χ1) is 6.66. The molecule has 2 rings (SSSR count). The van der Waals surface area contributed by atoms with Crippen LogP contribution in [0.25, 0.3) is 10.6 Å². The van der Waals surface area contributed by atoms with E-state index in [1.165, 1.54) is 23.5 Å². The van der Waals surface area contributed by atoms with Crippen molar-refractivity contribution < 1.29 is 4.39 Å². The van der Waals surface area contributed by atoms with Crippen molar-refractivity contribution in [2.75, 3.05) is 0 Å². The minimum Gasteiger partial charge on any atom is -0.207 e. The number of halogens is 2. The van der Waals surface area contributed by atoms with Crippen molar-refractivity contribution >= 4 is 22.9 Å². The summed E-state index contributed by atoms with van der Waals surface area (Å²) in [7, 11) is 0. The van der Waals surface area contributed by atoms with Gasteiger partial charge >= 0.3 is 0 Å². The summed E-state index contributed by atoms with van der Waals surface area (Å²) >= 11 is 6.95. The SMILES string of the molecule is Cc1cc(F)ccc1-c1nnc(Cl)s1. The van der Waals surface area contributed by atoms with Crippen molar-refractivity contribution in [3.05, 3.63) is 34.0 Å². The molecule has 0 aliphatic heterocycles. The van der Waals surface area contributed by atoms with Gasteiger partial charge in [-0.05, 0) is 42.3 Å². The molecule has 14 heavy (non-hydrogen) atoms. The molecule has 0 unspecified atom stereocenters. The molecule has 1 heterocycles. The lowest BCUT2D eigenvalue weighted by Gasteiger charge is -2.00. The molecule has 0 N–H and O–H groups in total. The molecular weight excluding hydrogens is 223 g/mol. The summed E-state index contributed by atoms with van der Waals surface area (Å²) < 4.78 is 13.2. The standard InChI is InChI=1S/C9H6ClFN2S/c1-5-4-6(11)2-3-7(5)8-12-13-9(10)14-8/h2-4H,1H3. The van der Waals surface area contributed by atoms with Crippen LogP contribution in [0.15, 0.2) is 18.2 Å². The average molecular weight is 229 g/mol. The molecule has 1 aromatic carbocycles. The quantitative estimate of drug-likeness (QED) is 0.749. The molecule has 1 aromatic heterocycles. The van der Waals surface area contributed by atoms with Crippen LogP contribution in [0.2, 0.25) is 4.47 Å². The molecule has 0 bridgehead atoms. The number of hydrogen-bond donors (Lipinski definition) is 0. The average Bonchev–Trinajstić information content (AvgIpc) is 2.51. The molecule has 0 aliphatic carbocycles. The Morgan fingerprint density at radius 1 is 1.36 bits per heavy atom. The van der Waals surface area contributed by atoms with Gasteiger partial charge in [0.2, 0.25) is 4.47 Å². The van der Waals surface area contributed by atoms with Crippen LogP contribution >= 0.6 is 22.9 Å². The molecular formula is C9H6ClFN2S. The van der Waals surface area contributed by atoms with Gasteiger partial charge in [0, 0.05) is 5.56 Å². The van der Waals surface area contributed by atoms with Crippen molar-refractivity contribution in [2.24, 2.45) is 0 Å². The van der Waals surface area contributed by atoms with E-state index in [9.17, 15) is 4.39 Å². The van der Waals surface area contributed by atoms with E-state index in [4.69, 9.17) is 11.6 Å². The van der Waals surface area contributed by atoms with E-state index in [-0.39, 0.29) is 5.82 Å². The van der Waals surface area contributed by atoms with Crippen LogP contribution in [0, 0.1) is 12.7 Å². The molecule has 0 saturated carbocycles. The molecule has 0 spiro atoms. The second-order valence-electron chi connectivity index (χ2n) is 2.82. The second kappa shape index (κ2) is 3.63. The van der Waals surface area contributed by atoms with Gasteiger partial charge in [0.25, 0.3) is 0 Å². The van der Waals surface area contributed by atoms with E-state index in [1.54, 1.807) is 6.07 Å². The Balaban J connectivity index is 2.52. The zero-order valence-corrected chi connectivity index (χ0v) is 8.86. The zero-order valence-electron chi connectivity index (χ0n) is 7.29. The van der Waals surface area contributed by atoms with Crippen LogP contribution in [0.1, 0.15) is 5.56 Å². The van der Waals surface area contributed by atoms with Crippen LogP contribution in [0.5, 0.6) is 0 Å². The Labute approximate surface area is 89.4 Å². The number of hydrogen-bond acceptors (Lipinski definition) is 3. The Hall–Kier alpha value is -1.00. The topological polar surface area (TPSA) is 25.8 Å². The molecule has 0 radical (unpaired) electrons. The van der Waals surface area contributed by atoms with Crippen LogP contribution < -0.4 is 0 Å². The van der Waals surface area contributed by atoms with E-state index in [0.717, 1.165) is 11.1 Å². The maximum Gasteiger partial charge on any atom is 0.207 e. The first kappa shape index (κ1) is 9.55. The molecule has 2 aromatic rings. The fraction of sp³-hybridized carbons (Fsp3) is 0.111. The van der Waals surface area contributed by atoms with E-state index in [1.807, 2.05) is 6.92 Å². The Morgan fingerprint density at radius 2 is 2.14 bits per heavy atom. The summed E-state index contributed by atoms with van der Waals surface area (Å²) in [5.41, 5.74) is 1.70. The fourth-order valence-corrected chi connectivity index (χ4v) is 2.10. The van der Waals surface area contributed by atoms with Gasteiger partial charge in [-0.2, -0.15) is 0 Å². The van der Waals surface area contributed by atoms with Gasteiger partial charge in [-0.1, -0.05) is 11.3 Å². The maximum atomic E-state index is 12.8. The van der Waals surface area contributed by atoms with Crippen molar-refractivity contribution in [1.82, 2.24) is 10.2 Å². The minimum absolute atomic E-state index is 0.248. The van der Waals surface area contributed by atoms with Crippen LogP contribution in [0.4, 0.5) is 4.39 Å².